The Bertz CT molecular complexity index is 1010. The molecule has 1 amide bonds. The highest BCUT2D eigenvalue weighted by atomic mass is 32.1. The predicted molar refractivity (Wildman–Crippen MR) is 133 cm³/mol. The van der Waals surface area contributed by atoms with E-state index < -0.39 is 12.0 Å². The molecule has 34 heavy (non-hydrogen) atoms. The zero-order chi connectivity index (χ0) is 23.8. The summed E-state index contributed by atoms with van der Waals surface area (Å²) in [5.41, 5.74) is 6.48. The van der Waals surface area contributed by atoms with Gasteiger partial charge in [-0.25, -0.2) is 9.97 Å². The Morgan fingerprint density at radius 3 is 2.59 bits per heavy atom. The molecule has 1 aliphatic heterocycles. The summed E-state index contributed by atoms with van der Waals surface area (Å²) in [4.78, 5) is 27.9. The number of aliphatic hydroxyl groups is 1. The fourth-order valence-electron chi connectivity index (χ4n) is 6.06. The van der Waals surface area contributed by atoms with E-state index in [1.807, 2.05) is 0 Å². The summed E-state index contributed by atoms with van der Waals surface area (Å²) < 4.78 is 6.51. The highest BCUT2D eigenvalue weighted by Gasteiger charge is 2.34. The molecule has 1 saturated heterocycles. The van der Waals surface area contributed by atoms with Crippen molar-refractivity contribution >= 4 is 27.5 Å². The zero-order valence-corrected chi connectivity index (χ0v) is 21.1. The number of thiophene rings is 1. The first-order valence-electron chi connectivity index (χ1n) is 12.8. The van der Waals surface area contributed by atoms with E-state index in [2.05, 4.69) is 33.6 Å². The molecule has 5 rings (SSSR count). The van der Waals surface area contributed by atoms with Gasteiger partial charge in [0.05, 0.1) is 5.39 Å². The number of hydrogen-bond donors (Lipinski definition) is 2. The summed E-state index contributed by atoms with van der Waals surface area (Å²) in [5, 5.41) is 11.1. The number of hydrogen-bond acceptors (Lipinski definition) is 8. The number of nitrogens with two attached hydrogens (primary N) is 1. The topological polar surface area (TPSA) is 105 Å². The molecule has 0 bridgehead atoms. The molecule has 2 atom stereocenters. The zero-order valence-electron chi connectivity index (χ0n) is 20.3. The lowest BCUT2D eigenvalue weighted by Gasteiger charge is -2.43. The Morgan fingerprint density at radius 2 is 1.91 bits per heavy atom. The van der Waals surface area contributed by atoms with E-state index >= 15 is 0 Å². The van der Waals surface area contributed by atoms with Crippen LogP contribution < -0.4 is 10.5 Å². The minimum Gasteiger partial charge on any atom is -0.474 e. The van der Waals surface area contributed by atoms with Crippen molar-refractivity contribution in [3.63, 3.8) is 0 Å². The molecule has 0 unspecified atom stereocenters. The number of aryl methyl sites for hydroxylation is 1. The second-order valence-corrected chi connectivity index (χ2v) is 11.5. The van der Waals surface area contributed by atoms with E-state index in [9.17, 15) is 9.90 Å². The number of aromatic nitrogens is 2. The maximum atomic E-state index is 11.4. The molecule has 0 radical (unpaired) electrons. The van der Waals surface area contributed by atoms with Crippen LogP contribution in [0.2, 0.25) is 0 Å². The second-order valence-electron chi connectivity index (χ2n) is 10.4. The summed E-state index contributed by atoms with van der Waals surface area (Å²) in [7, 11) is 0. The third-order valence-corrected chi connectivity index (χ3v) is 9.22. The molecule has 2 aromatic rings. The van der Waals surface area contributed by atoms with Gasteiger partial charge in [-0.05, 0) is 70.3 Å². The van der Waals surface area contributed by atoms with Crippen LogP contribution in [0.5, 0.6) is 5.88 Å². The molecule has 0 spiro atoms. The molecule has 2 aliphatic carbocycles. The van der Waals surface area contributed by atoms with Gasteiger partial charge in [0, 0.05) is 43.1 Å². The highest BCUT2D eigenvalue weighted by Crippen LogP contribution is 2.47. The summed E-state index contributed by atoms with van der Waals surface area (Å²) in [5.74, 6) is 0.0832. The molecular formula is C25H37N5O3S. The van der Waals surface area contributed by atoms with Crippen LogP contribution in [0.3, 0.4) is 0 Å². The molecule has 3 heterocycles. The average molecular weight is 488 g/mol. The van der Waals surface area contributed by atoms with Crippen molar-refractivity contribution in [3.05, 3.63) is 16.8 Å². The minimum atomic E-state index is -1.13. The standard InChI is InChI=1S/C25H37N5O3S/c1-15(2)29-9-11-30(12-10-29)17-4-6-18(7-5-17)33-24-22-21-16(13-19(31)23(26)32)3-8-20(21)34-25(22)28-14-27-24/h14-19,31H,3-13H2,1-2H3,(H2,26,32)/t16-,17-,18-,19-/m1/s1. The van der Waals surface area contributed by atoms with Crippen LogP contribution in [0.4, 0.5) is 0 Å². The van der Waals surface area contributed by atoms with Crippen LogP contribution in [0.25, 0.3) is 10.2 Å². The first-order valence-corrected chi connectivity index (χ1v) is 13.6. The number of amides is 1. The van der Waals surface area contributed by atoms with Crippen LogP contribution in [0.1, 0.15) is 68.7 Å². The Balaban J connectivity index is 1.25. The van der Waals surface area contributed by atoms with Gasteiger partial charge in [0.1, 0.15) is 23.4 Å². The SMILES string of the molecule is CC(C)N1CCN([C@H]2CC[C@H](Oc3ncnc4sc5c(c34)[C@@H](C[C@@H](O)C(N)=O)CC5)CC2)CC1. The minimum absolute atomic E-state index is 0.0832. The monoisotopic (exact) mass is 487 g/mol. The number of piperazine rings is 1. The van der Waals surface area contributed by atoms with Gasteiger partial charge in [-0.3, -0.25) is 14.6 Å². The molecule has 8 nitrogen and oxygen atoms in total. The fraction of sp³-hybridized carbons (Fsp3) is 0.720. The van der Waals surface area contributed by atoms with Gasteiger partial charge >= 0.3 is 0 Å². The number of carbonyl (C=O) groups excluding carboxylic acids is 1. The average Bonchev–Trinajstić information content (AvgIpc) is 3.39. The van der Waals surface area contributed by atoms with Gasteiger partial charge in [0.15, 0.2) is 0 Å². The van der Waals surface area contributed by atoms with Gasteiger partial charge < -0.3 is 15.6 Å². The smallest absolute Gasteiger partial charge is 0.246 e. The molecule has 186 valence electrons. The van der Waals surface area contributed by atoms with Crippen molar-refractivity contribution in [3.8, 4) is 5.88 Å². The third-order valence-electron chi connectivity index (χ3n) is 8.05. The lowest BCUT2D eigenvalue weighted by molar-refractivity contribution is -0.126. The van der Waals surface area contributed by atoms with Crippen molar-refractivity contribution in [2.24, 2.45) is 5.73 Å². The van der Waals surface area contributed by atoms with Gasteiger partial charge in [0.2, 0.25) is 11.8 Å². The van der Waals surface area contributed by atoms with Crippen LogP contribution >= 0.6 is 11.3 Å². The van der Waals surface area contributed by atoms with E-state index in [-0.39, 0.29) is 12.0 Å². The maximum Gasteiger partial charge on any atom is 0.246 e. The number of nitrogens with zero attached hydrogens (tertiary/aromatic N) is 4. The maximum absolute atomic E-state index is 11.4. The van der Waals surface area contributed by atoms with Gasteiger partial charge in [-0.15, -0.1) is 11.3 Å². The molecule has 9 heteroatoms. The highest BCUT2D eigenvalue weighted by molar-refractivity contribution is 7.19. The number of carbonyl (C=O) groups is 1. The Kier molecular flexibility index (Phi) is 7.07. The number of ether oxygens (including phenoxy) is 1. The largest absolute Gasteiger partial charge is 0.474 e. The summed E-state index contributed by atoms with van der Waals surface area (Å²) in [6.45, 7) is 9.24. The Hall–Kier alpha value is -1.81. The van der Waals surface area contributed by atoms with E-state index in [0.29, 0.717) is 24.4 Å². The molecular weight excluding hydrogens is 450 g/mol. The van der Waals surface area contributed by atoms with E-state index in [0.717, 1.165) is 54.3 Å². The third kappa shape index (κ3) is 4.80. The van der Waals surface area contributed by atoms with Gasteiger partial charge in [0.25, 0.3) is 0 Å². The van der Waals surface area contributed by atoms with Gasteiger partial charge in [-0.2, -0.15) is 0 Å². The number of rotatable bonds is 7. The summed E-state index contributed by atoms with van der Waals surface area (Å²) in [6.07, 6.45) is 7.22. The van der Waals surface area contributed by atoms with E-state index in [4.69, 9.17) is 10.5 Å². The molecule has 3 aliphatic rings. The number of fused-ring (bicyclic) bond motifs is 3. The molecule has 3 N–H and O–H groups in total. The first-order chi connectivity index (χ1) is 16.4. The van der Waals surface area contributed by atoms with Crippen molar-refractivity contribution in [2.75, 3.05) is 26.2 Å². The molecule has 2 aromatic heterocycles. The first kappa shape index (κ1) is 23.9. The normalized spacial score (nSPS) is 27.2. The summed E-state index contributed by atoms with van der Waals surface area (Å²) in [6, 6.07) is 1.29. The van der Waals surface area contributed by atoms with Crippen LogP contribution in [0, 0.1) is 0 Å². The quantitative estimate of drug-likeness (QED) is 0.619. The van der Waals surface area contributed by atoms with Crippen molar-refractivity contribution in [1.29, 1.82) is 0 Å². The second kappa shape index (κ2) is 10.0. The lowest BCUT2D eigenvalue weighted by Crippen LogP contribution is -2.53. The van der Waals surface area contributed by atoms with Crippen molar-refractivity contribution in [2.45, 2.75) is 89.0 Å². The van der Waals surface area contributed by atoms with E-state index in [1.165, 1.54) is 31.1 Å². The predicted octanol–water partition coefficient (Wildman–Crippen LogP) is 2.67. The van der Waals surface area contributed by atoms with Crippen molar-refractivity contribution in [1.82, 2.24) is 19.8 Å². The lowest BCUT2D eigenvalue weighted by atomic mass is 9.91. The number of primary amides is 1. The van der Waals surface area contributed by atoms with E-state index in [1.54, 1.807) is 17.7 Å². The fourth-order valence-corrected chi connectivity index (χ4v) is 7.29. The van der Waals surface area contributed by atoms with Gasteiger partial charge in [-0.1, -0.05) is 0 Å². The van der Waals surface area contributed by atoms with Crippen molar-refractivity contribution < 1.29 is 14.6 Å². The van der Waals surface area contributed by atoms with Crippen LogP contribution in [-0.2, 0) is 11.2 Å². The van der Waals surface area contributed by atoms with Crippen LogP contribution in [-0.4, -0.2) is 81.3 Å². The number of aliphatic hydroxyl groups excluding tert-OH is 1. The molecule has 2 fully saturated rings. The Morgan fingerprint density at radius 1 is 1.18 bits per heavy atom. The summed E-state index contributed by atoms with van der Waals surface area (Å²) >= 11 is 1.68. The molecule has 0 aromatic carbocycles. The Labute approximate surface area is 205 Å². The van der Waals surface area contributed by atoms with Crippen LogP contribution in [0.15, 0.2) is 6.33 Å². The molecule has 1 saturated carbocycles.